The SMILES string of the molecule is C=CC1=C(c2cc(C)c3ccsc3c2)N2CCN=C2S1. The normalized spacial score (nSPS) is 17.9. The van der Waals surface area contributed by atoms with Crippen LogP contribution in [-0.2, 0) is 0 Å². The summed E-state index contributed by atoms with van der Waals surface area (Å²) in [5, 5.41) is 4.65. The second kappa shape index (κ2) is 4.50. The van der Waals surface area contributed by atoms with Crippen LogP contribution < -0.4 is 0 Å². The Kier molecular flexibility index (Phi) is 2.75. The molecule has 0 saturated carbocycles. The lowest BCUT2D eigenvalue weighted by molar-refractivity contribution is 0.648. The van der Waals surface area contributed by atoms with Gasteiger partial charge in [0.2, 0.25) is 0 Å². The number of aryl methyl sites for hydroxylation is 1. The molecule has 3 heterocycles. The average Bonchev–Trinajstić information content (AvgIpc) is 3.12. The highest BCUT2D eigenvalue weighted by Gasteiger charge is 2.31. The van der Waals surface area contributed by atoms with Gasteiger partial charge >= 0.3 is 0 Å². The minimum atomic E-state index is 0.899. The molecule has 1 aromatic carbocycles. The molecule has 2 nitrogen and oxygen atoms in total. The number of thioether (sulfide) groups is 1. The molecule has 100 valence electrons. The summed E-state index contributed by atoms with van der Waals surface area (Å²) in [5.74, 6) is 0. The topological polar surface area (TPSA) is 15.6 Å². The van der Waals surface area contributed by atoms with Crippen LogP contribution in [0.25, 0.3) is 15.8 Å². The molecular formula is C16H14N2S2. The van der Waals surface area contributed by atoms with E-state index in [2.05, 4.69) is 47.0 Å². The summed E-state index contributed by atoms with van der Waals surface area (Å²) in [6.07, 6.45) is 1.95. The number of rotatable bonds is 2. The standard InChI is InChI=1S/C16H14N2S2/c1-3-13-15(18-6-5-17-16(18)20-13)11-8-10(2)12-4-7-19-14(12)9-11/h3-4,7-9H,1,5-6H2,2H3. The zero-order valence-corrected chi connectivity index (χ0v) is 12.9. The second-order valence-electron chi connectivity index (χ2n) is 4.96. The number of aliphatic imine (C=N–C) groups is 1. The van der Waals surface area contributed by atoms with Crippen molar-refractivity contribution < 1.29 is 0 Å². The first-order chi connectivity index (χ1) is 9.78. The van der Waals surface area contributed by atoms with Gasteiger partial charge in [-0.05, 0) is 53.2 Å². The minimum Gasteiger partial charge on any atom is -0.317 e. The Labute approximate surface area is 126 Å². The number of benzene rings is 1. The van der Waals surface area contributed by atoms with Gasteiger partial charge in [-0.25, -0.2) is 0 Å². The summed E-state index contributed by atoms with van der Waals surface area (Å²) in [6.45, 7) is 8.03. The number of hydrogen-bond acceptors (Lipinski definition) is 4. The van der Waals surface area contributed by atoms with Gasteiger partial charge in [0.1, 0.15) is 0 Å². The first-order valence-electron chi connectivity index (χ1n) is 6.62. The molecule has 2 aromatic rings. The van der Waals surface area contributed by atoms with E-state index >= 15 is 0 Å². The van der Waals surface area contributed by atoms with Crippen molar-refractivity contribution in [3.05, 3.63) is 52.3 Å². The van der Waals surface area contributed by atoms with Gasteiger partial charge in [0, 0.05) is 21.7 Å². The highest BCUT2D eigenvalue weighted by atomic mass is 32.2. The van der Waals surface area contributed by atoms with Gasteiger partial charge < -0.3 is 4.90 Å². The summed E-state index contributed by atoms with van der Waals surface area (Å²) in [7, 11) is 0. The maximum atomic E-state index is 4.57. The van der Waals surface area contributed by atoms with E-state index in [1.54, 1.807) is 23.1 Å². The van der Waals surface area contributed by atoms with Crippen molar-refractivity contribution in [2.24, 2.45) is 4.99 Å². The molecule has 1 aromatic heterocycles. The Morgan fingerprint density at radius 3 is 3.15 bits per heavy atom. The third kappa shape index (κ3) is 1.68. The van der Waals surface area contributed by atoms with Crippen molar-refractivity contribution in [1.29, 1.82) is 0 Å². The molecule has 0 radical (unpaired) electrons. The molecule has 0 aliphatic carbocycles. The van der Waals surface area contributed by atoms with Crippen molar-refractivity contribution in [3.8, 4) is 0 Å². The lowest BCUT2D eigenvalue weighted by Gasteiger charge is -2.17. The van der Waals surface area contributed by atoms with Gasteiger partial charge in [0.25, 0.3) is 0 Å². The van der Waals surface area contributed by atoms with Gasteiger partial charge in [0.05, 0.1) is 12.2 Å². The smallest absolute Gasteiger partial charge is 0.168 e. The van der Waals surface area contributed by atoms with E-state index in [0.29, 0.717) is 0 Å². The molecule has 0 amide bonds. The fourth-order valence-corrected chi connectivity index (χ4v) is 4.78. The van der Waals surface area contributed by atoms with Crippen LogP contribution in [0.1, 0.15) is 11.1 Å². The zero-order valence-electron chi connectivity index (χ0n) is 11.2. The fourth-order valence-electron chi connectivity index (χ4n) is 2.83. The van der Waals surface area contributed by atoms with Crippen LogP contribution in [0.5, 0.6) is 0 Å². The number of thiophene rings is 1. The van der Waals surface area contributed by atoms with Crippen LogP contribution in [0.4, 0.5) is 0 Å². The van der Waals surface area contributed by atoms with Gasteiger partial charge in [-0.15, -0.1) is 11.3 Å². The summed E-state index contributed by atoms with van der Waals surface area (Å²) in [6, 6.07) is 6.79. The predicted octanol–water partition coefficient (Wildman–Crippen LogP) is 4.48. The molecule has 0 saturated heterocycles. The molecule has 0 bridgehead atoms. The Morgan fingerprint density at radius 1 is 1.40 bits per heavy atom. The molecule has 0 spiro atoms. The van der Waals surface area contributed by atoms with Crippen molar-refractivity contribution in [2.45, 2.75) is 6.92 Å². The Balaban J connectivity index is 1.92. The fraction of sp³-hybridized carbons (Fsp3) is 0.188. The van der Waals surface area contributed by atoms with Crippen LogP contribution in [0.2, 0.25) is 0 Å². The highest BCUT2D eigenvalue weighted by molar-refractivity contribution is 8.17. The Bertz CT molecular complexity index is 783. The Morgan fingerprint density at radius 2 is 2.30 bits per heavy atom. The number of nitrogens with zero attached hydrogens (tertiary/aromatic N) is 2. The van der Waals surface area contributed by atoms with E-state index in [9.17, 15) is 0 Å². The van der Waals surface area contributed by atoms with Gasteiger partial charge in [0.15, 0.2) is 5.17 Å². The molecule has 2 aliphatic heterocycles. The second-order valence-corrected chi connectivity index (χ2v) is 6.92. The van der Waals surface area contributed by atoms with Crippen molar-refractivity contribution in [1.82, 2.24) is 4.90 Å². The van der Waals surface area contributed by atoms with Gasteiger partial charge in [-0.2, -0.15) is 0 Å². The van der Waals surface area contributed by atoms with Crippen LogP contribution in [-0.4, -0.2) is 23.2 Å². The molecule has 4 heteroatoms. The number of allylic oxidation sites excluding steroid dienone is 1. The van der Waals surface area contributed by atoms with E-state index in [1.807, 2.05) is 6.08 Å². The van der Waals surface area contributed by atoms with E-state index in [-0.39, 0.29) is 0 Å². The zero-order chi connectivity index (χ0) is 13.7. The Hall–Kier alpha value is -1.52. The lowest BCUT2D eigenvalue weighted by Crippen LogP contribution is -2.20. The minimum absolute atomic E-state index is 0.899. The molecule has 4 rings (SSSR count). The van der Waals surface area contributed by atoms with E-state index < -0.39 is 0 Å². The van der Waals surface area contributed by atoms with E-state index in [0.717, 1.165) is 18.3 Å². The van der Waals surface area contributed by atoms with Gasteiger partial charge in [-0.1, -0.05) is 12.7 Å². The molecule has 20 heavy (non-hydrogen) atoms. The van der Waals surface area contributed by atoms with E-state index in [1.165, 1.54) is 31.8 Å². The first-order valence-corrected chi connectivity index (χ1v) is 8.32. The third-order valence-electron chi connectivity index (χ3n) is 3.74. The number of amidine groups is 1. The van der Waals surface area contributed by atoms with Crippen molar-refractivity contribution in [3.63, 3.8) is 0 Å². The summed E-state index contributed by atoms with van der Waals surface area (Å²) >= 11 is 3.54. The third-order valence-corrected chi connectivity index (χ3v) is 5.72. The predicted molar refractivity (Wildman–Crippen MR) is 90.3 cm³/mol. The summed E-state index contributed by atoms with van der Waals surface area (Å²) in [4.78, 5) is 8.12. The van der Waals surface area contributed by atoms with Crippen molar-refractivity contribution >= 4 is 44.0 Å². The lowest BCUT2D eigenvalue weighted by atomic mass is 10.0. The number of fused-ring (bicyclic) bond motifs is 2. The maximum absolute atomic E-state index is 4.57. The van der Waals surface area contributed by atoms with Crippen molar-refractivity contribution in [2.75, 3.05) is 13.1 Å². The number of hydrogen-bond donors (Lipinski definition) is 0. The van der Waals surface area contributed by atoms with Crippen LogP contribution >= 0.6 is 23.1 Å². The monoisotopic (exact) mass is 298 g/mol. The largest absolute Gasteiger partial charge is 0.317 e. The molecule has 0 atom stereocenters. The molecule has 0 N–H and O–H groups in total. The highest BCUT2D eigenvalue weighted by Crippen LogP contribution is 2.43. The maximum Gasteiger partial charge on any atom is 0.168 e. The average molecular weight is 298 g/mol. The van der Waals surface area contributed by atoms with E-state index in [4.69, 9.17) is 0 Å². The molecule has 0 unspecified atom stereocenters. The van der Waals surface area contributed by atoms with Crippen LogP contribution in [0.3, 0.4) is 0 Å². The molecular weight excluding hydrogens is 284 g/mol. The van der Waals surface area contributed by atoms with Crippen LogP contribution in [0.15, 0.2) is 46.1 Å². The summed E-state index contributed by atoms with van der Waals surface area (Å²) < 4.78 is 1.35. The first kappa shape index (κ1) is 12.2. The van der Waals surface area contributed by atoms with Gasteiger partial charge in [-0.3, -0.25) is 4.99 Å². The molecule has 0 fully saturated rings. The molecule has 2 aliphatic rings. The quantitative estimate of drug-likeness (QED) is 0.812. The summed E-state index contributed by atoms with van der Waals surface area (Å²) in [5.41, 5.74) is 3.90. The van der Waals surface area contributed by atoms with Crippen LogP contribution in [0, 0.1) is 6.92 Å².